The van der Waals surface area contributed by atoms with Crippen LogP contribution in [0.3, 0.4) is 0 Å². The molecule has 5 nitrogen and oxygen atoms in total. The van der Waals surface area contributed by atoms with E-state index < -0.39 is 0 Å². The third-order valence-electron chi connectivity index (χ3n) is 4.55. The van der Waals surface area contributed by atoms with E-state index in [0.29, 0.717) is 0 Å². The molecule has 1 aliphatic heterocycles. The monoisotopic (exact) mass is 397 g/mol. The van der Waals surface area contributed by atoms with E-state index in [9.17, 15) is 9.59 Å². The summed E-state index contributed by atoms with van der Waals surface area (Å²) in [6.07, 6.45) is 0. The van der Waals surface area contributed by atoms with Gasteiger partial charge in [0.05, 0.1) is 24.8 Å². The molecule has 1 atom stereocenters. The van der Waals surface area contributed by atoms with Gasteiger partial charge in [-0.3, -0.25) is 14.5 Å². The van der Waals surface area contributed by atoms with Gasteiger partial charge in [-0.1, -0.05) is 42.5 Å². The van der Waals surface area contributed by atoms with Crippen molar-refractivity contribution >= 4 is 29.3 Å². The summed E-state index contributed by atoms with van der Waals surface area (Å²) >= 11 is 1.78. The van der Waals surface area contributed by atoms with Gasteiger partial charge in [-0.15, -0.1) is 11.8 Å². The van der Waals surface area contributed by atoms with Crippen molar-refractivity contribution in [2.75, 3.05) is 30.8 Å². The molecular formula is C22H27N3O2S. The lowest BCUT2D eigenvalue weighted by Crippen LogP contribution is -2.46. The Balaban J connectivity index is 1.80. The van der Waals surface area contributed by atoms with E-state index in [1.165, 1.54) is 0 Å². The lowest BCUT2D eigenvalue weighted by Gasteiger charge is -2.38. The van der Waals surface area contributed by atoms with Crippen LogP contribution in [0.25, 0.3) is 0 Å². The second-order valence-electron chi connectivity index (χ2n) is 7.36. The fourth-order valence-corrected chi connectivity index (χ4v) is 4.56. The molecule has 6 heteroatoms. The second kappa shape index (κ2) is 9.26. The molecule has 0 aliphatic carbocycles. The van der Waals surface area contributed by atoms with Gasteiger partial charge in [0.2, 0.25) is 11.8 Å². The quantitative estimate of drug-likeness (QED) is 0.812. The predicted octanol–water partition coefficient (Wildman–Crippen LogP) is 3.32. The summed E-state index contributed by atoms with van der Waals surface area (Å²) < 4.78 is 0. The number of carbonyl (C=O) groups is 2. The number of thioether (sulfide) groups is 1. The molecule has 148 valence electrons. The molecule has 0 radical (unpaired) electrons. The van der Waals surface area contributed by atoms with Crippen molar-refractivity contribution in [1.29, 1.82) is 0 Å². The van der Waals surface area contributed by atoms with Gasteiger partial charge in [-0.25, -0.2) is 0 Å². The molecule has 1 aliphatic rings. The van der Waals surface area contributed by atoms with E-state index in [0.717, 1.165) is 21.9 Å². The number of nitrogens with one attached hydrogen (secondary N) is 1. The van der Waals surface area contributed by atoms with E-state index in [2.05, 4.69) is 23.5 Å². The lowest BCUT2D eigenvalue weighted by molar-refractivity contribution is -0.124. The minimum atomic E-state index is -0.0699. The van der Waals surface area contributed by atoms with Gasteiger partial charge in [0.1, 0.15) is 0 Å². The highest BCUT2D eigenvalue weighted by molar-refractivity contribution is 7.99. The predicted molar refractivity (Wildman–Crippen MR) is 115 cm³/mol. The van der Waals surface area contributed by atoms with Crippen molar-refractivity contribution < 1.29 is 9.59 Å². The average molecular weight is 398 g/mol. The summed E-state index contributed by atoms with van der Waals surface area (Å²) in [7, 11) is 1.81. The molecule has 0 unspecified atom stereocenters. The number of anilines is 1. The minimum Gasteiger partial charge on any atom is -0.353 e. The molecular weight excluding hydrogens is 370 g/mol. The highest BCUT2D eigenvalue weighted by Crippen LogP contribution is 2.43. The van der Waals surface area contributed by atoms with Gasteiger partial charge in [0.15, 0.2) is 0 Å². The Kier molecular flexibility index (Phi) is 6.75. The van der Waals surface area contributed by atoms with Gasteiger partial charge < -0.3 is 10.2 Å². The molecule has 3 rings (SSSR count). The molecule has 2 aromatic rings. The number of fused-ring (bicyclic) bond motifs is 1. The van der Waals surface area contributed by atoms with Crippen LogP contribution in [0.5, 0.6) is 0 Å². The fourth-order valence-electron chi connectivity index (χ4n) is 3.39. The summed E-state index contributed by atoms with van der Waals surface area (Å²) in [6, 6.07) is 18.2. The largest absolute Gasteiger partial charge is 0.353 e. The van der Waals surface area contributed by atoms with Crippen molar-refractivity contribution in [2.24, 2.45) is 0 Å². The molecule has 0 bridgehead atoms. The summed E-state index contributed by atoms with van der Waals surface area (Å²) in [5.74, 6) is 0.741. The first-order valence-electron chi connectivity index (χ1n) is 9.52. The third-order valence-corrected chi connectivity index (χ3v) is 5.69. The molecule has 0 saturated carbocycles. The third kappa shape index (κ3) is 4.94. The zero-order chi connectivity index (χ0) is 20.1. The Bertz CT molecular complexity index is 826. The van der Waals surface area contributed by atoms with Crippen molar-refractivity contribution in [2.45, 2.75) is 30.8 Å². The maximum atomic E-state index is 13.3. The number of rotatable bonds is 6. The summed E-state index contributed by atoms with van der Waals surface area (Å²) in [5.41, 5.74) is 2.07. The maximum absolute atomic E-state index is 13.3. The zero-order valence-electron chi connectivity index (χ0n) is 16.6. The van der Waals surface area contributed by atoms with Crippen LogP contribution in [0.4, 0.5) is 5.69 Å². The number of hydrogen-bond acceptors (Lipinski definition) is 4. The van der Waals surface area contributed by atoms with Crippen LogP contribution in [0.15, 0.2) is 59.5 Å². The number of carbonyl (C=O) groups excluding carboxylic acids is 2. The molecule has 0 fully saturated rings. The molecule has 1 heterocycles. The van der Waals surface area contributed by atoms with E-state index in [1.807, 2.05) is 55.1 Å². The van der Waals surface area contributed by atoms with Crippen LogP contribution in [-0.4, -0.2) is 48.6 Å². The minimum absolute atomic E-state index is 0.00134. The number of likely N-dealkylation sites (N-methyl/N-ethyl adjacent to an activating group) is 1. The van der Waals surface area contributed by atoms with Crippen molar-refractivity contribution in [1.82, 2.24) is 10.2 Å². The van der Waals surface area contributed by atoms with E-state index in [-0.39, 0.29) is 37.0 Å². The highest BCUT2D eigenvalue weighted by Gasteiger charge is 2.32. The maximum Gasteiger partial charge on any atom is 0.241 e. The number of hydrogen-bond donors (Lipinski definition) is 1. The molecule has 28 heavy (non-hydrogen) atoms. The first kappa shape index (κ1) is 20.4. The number of para-hydroxylation sites is 1. The first-order chi connectivity index (χ1) is 13.5. The summed E-state index contributed by atoms with van der Waals surface area (Å²) in [4.78, 5) is 30.1. The van der Waals surface area contributed by atoms with E-state index >= 15 is 0 Å². The topological polar surface area (TPSA) is 52.7 Å². The fraction of sp³-hybridized carbons (Fsp3) is 0.364. The van der Waals surface area contributed by atoms with Gasteiger partial charge in [0.25, 0.3) is 0 Å². The molecule has 2 aromatic carbocycles. The normalized spacial score (nSPS) is 16.2. The van der Waals surface area contributed by atoms with Gasteiger partial charge >= 0.3 is 0 Å². The highest BCUT2D eigenvalue weighted by atomic mass is 32.2. The Morgan fingerprint density at radius 3 is 2.50 bits per heavy atom. The molecule has 0 aromatic heterocycles. The molecule has 1 N–H and O–H groups in total. The van der Waals surface area contributed by atoms with Gasteiger partial charge in [0, 0.05) is 16.7 Å². The van der Waals surface area contributed by atoms with Crippen LogP contribution in [-0.2, 0) is 9.59 Å². The molecule has 0 spiro atoms. The van der Waals surface area contributed by atoms with E-state index in [1.54, 1.807) is 23.7 Å². The number of nitrogens with zero attached hydrogens (tertiary/aromatic N) is 2. The standard InChI is InChI=1S/C22H27N3O2S/c1-16(2)23-21(26)13-24(3)14-22(27)25-18-11-7-8-12-20(18)28-15-19(25)17-9-5-4-6-10-17/h4-12,16,19H,13-15H2,1-3H3,(H,23,26)/t19-/m0/s1. The second-order valence-corrected chi connectivity index (χ2v) is 8.43. The Hall–Kier alpha value is -2.31. The van der Waals surface area contributed by atoms with Crippen LogP contribution in [0.2, 0.25) is 0 Å². The summed E-state index contributed by atoms with van der Waals surface area (Å²) in [5, 5.41) is 2.87. The Morgan fingerprint density at radius 2 is 1.79 bits per heavy atom. The number of benzene rings is 2. The van der Waals surface area contributed by atoms with E-state index in [4.69, 9.17) is 0 Å². The zero-order valence-corrected chi connectivity index (χ0v) is 17.4. The van der Waals surface area contributed by atoms with Gasteiger partial charge in [-0.05, 0) is 38.6 Å². The SMILES string of the molecule is CC(C)NC(=O)CN(C)CC(=O)N1c2ccccc2SC[C@H]1c1ccccc1. The van der Waals surface area contributed by atoms with Crippen LogP contribution >= 0.6 is 11.8 Å². The van der Waals surface area contributed by atoms with Crippen LogP contribution < -0.4 is 10.2 Å². The van der Waals surface area contributed by atoms with Crippen molar-refractivity contribution in [3.63, 3.8) is 0 Å². The molecule has 0 saturated heterocycles. The van der Waals surface area contributed by atoms with Gasteiger partial charge in [-0.2, -0.15) is 0 Å². The van der Waals surface area contributed by atoms with Crippen LogP contribution in [0.1, 0.15) is 25.5 Å². The number of amides is 2. The average Bonchev–Trinajstić information content (AvgIpc) is 2.66. The Labute approximate surface area is 171 Å². The summed E-state index contributed by atoms with van der Waals surface area (Å²) in [6.45, 7) is 4.24. The molecule has 2 amide bonds. The first-order valence-corrected chi connectivity index (χ1v) is 10.5. The Morgan fingerprint density at radius 1 is 1.11 bits per heavy atom. The smallest absolute Gasteiger partial charge is 0.241 e. The van der Waals surface area contributed by atoms with Crippen molar-refractivity contribution in [3.05, 3.63) is 60.2 Å². The lowest BCUT2D eigenvalue weighted by atomic mass is 10.1. The van der Waals surface area contributed by atoms with Crippen LogP contribution in [0, 0.1) is 0 Å². The van der Waals surface area contributed by atoms with Crippen molar-refractivity contribution in [3.8, 4) is 0 Å².